The van der Waals surface area contributed by atoms with Crippen LogP contribution in [0, 0.1) is 0 Å². The van der Waals surface area contributed by atoms with Gasteiger partial charge in [-0.1, -0.05) is 57.5 Å². The first kappa shape index (κ1) is 13.4. The van der Waals surface area contributed by atoms with E-state index in [0.29, 0.717) is 10.8 Å². The van der Waals surface area contributed by atoms with Crippen LogP contribution in [0.4, 0.5) is 0 Å². The molecule has 0 bridgehead atoms. The van der Waals surface area contributed by atoms with Crippen LogP contribution >= 0.6 is 0 Å². The molecule has 1 aromatic carbocycles. The van der Waals surface area contributed by atoms with E-state index in [-0.39, 0.29) is 0 Å². The van der Waals surface area contributed by atoms with E-state index in [4.69, 9.17) is 0 Å². The van der Waals surface area contributed by atoms with Crippen LogP contribution in [0.25, 0.3) is 6.08 Å². The first-order valence-electron chi connectivity index (χ1n) is 7.02. The predicted octanol–water partition coefficient (Wildman–Crippen LogP) is 5.46. The molecule has 0 saturated carbocycles. The number of fused-ring (bicyclic) bond motifs is 1. The van der Waals surface area contributed by atoms with Gasteiger partial charge in [-0.25, -0.2) is 0 Å². The van der Waals surface area contributed by atoms with Gasteiger partial charge in [0.05, 0.1) is 0 Å². The summed E-state index contributed by atoms with van der Waals surface area (Å²) >= 11 is 0. The van der Waals surface area contributed by atoms with Gasteiger partial charge < -0.3 is 0 Å². The van der Waals surface area contributed by atoms with Crippen molar-refractivity contribution in [3.8, 4) is 0 Å². The van der Waals surface area contributed by atoms with Crippen molar-refractivity contribution in [3.63, 3.8) is 0 Å². The van der Waals surface area contributed by atoms with Gasteiger partial charge in [-0.3, -0.25) is 0 Å². The van der Waals surface area contributed by atoms with Crippen LogP contribution in [0.3, 0.4) is 0 Å². The summed E-state index contributed by atoms with van der Waals surface area (Å²) in [6.45, 7) is 13.8. The first-order valence-corrected chi connectivity index (χ1v) is 7.02. The number of hydrogen-bond donors (Lipinski definition) is 0. The van der Waals surface area contributed by atoms with Gasteiger partial charge >= 0.3 is 0 Å². The van der Waals surface area contributed by atoms with Crippen LogP contribution in [-0.4, -0.2) is 0 Å². The predicted molar refractivity (Wildman–Crippen MR) is 81.1 cm³/mol. The van der Waals surface area contributed by atoms with E-state index in [1.165, 1.54) is 24.0 Å². The molecular formula is C18H26. The summed E-state index contributed by atoms with van der Waals surface area (Å²) in [4.78, 5) is 0. The summed E-state index contributed by atoms with van der Waals surface area (Å²) in [7, 11) is 0. The summed E-state index contributed by atoms with van der Waals surface area (Å²) in [5.74, 6) is 0. The van der Waals surface area contributed by atoms with Gasteiger partial charge in [-0.05, 0) is 54.2 Å². The number of benzene rings is 1. The molecule has 0 heteroatoms. The van der Waals surface area contributed by atoms with E-state index < -0.39 is 0 Å². The van der Waals surface area contributed by atoms with Crippen molar-refractivity contribution in [2.45, 2.75) is 65.2 Å². The monoisotopic (exact) mass is 242 g/mol. The van der Waals surface area contributed by atoms with Gasteiger partial charge in [0.25, 0.3) is 0 Å². The smallest absolute Gasteiger partial charge is 0.0100 e. The zero-order valence-electron chi connectivity index (χ0n) is 12.7. The third-order valence-electron chi connectivity index (χ3n) is 4.33. The summed E-state index contributed by atoms with van der Waals surface area (Å²) in [6.07, 6.45) is 4.85. The highest BCUT2D eigenvalue weighted by Crippen LogP contribution is 2.45. The second-order valence-corrected chi connectivity index (χ2v) is 7.29. The normalized spacial score (nSPS) is 20.1. The maximum absolute atomic E-state index is 2.41. The topological polar surface area (TPSA) is 0 Å². The Kier molecular flexibility index (Phi) is 3.17. The second-order valence-electron chi connectivity index (χ2n) is 7.29. The largest absolute Gasteiger partial charge is 0.0758 e. The molecule has 0 aromatic heterocycles. The van der Waals surface area contributed by atoms with Crippen molar-refractivity contribution in [2.24, 2.45) is 0 Å². The lowest BCUT2D eigenvalue weighted by Crippen LogP contribution is -2.33. The lowest BCUT2D eigenvalue weighted by atomic mass is 9.63. The minimum absolute atomic E-state index is 0.316. The van der Waals surface area contributed by atoms with Crippen molar-refractivity contribution in [3.05, 3.63) is 40.5 Å². The molecule has 1 aliphatic rings. The van der Waals surface area contributed by atoms with Crippen LogP contribution in [0.2, 0.25) is 0 Å². The van der Waals surface area contributed by atoms with E-state index >= 15 is 0 Å². The SMILES string of the molecule is CC(C)=Cc1ccc2c(c1)C(C)(C)CCC2(C)C. The summed E-state index contributed by atoms with van der Waals surface area (Å²) in [6, 6.07) is 7.03. The highest BCUT2D eigenvalue weighted by atomic mass is 14.4. The van der Waals surface area contributed by atoms with Crippen molar-refractivity contribution in [1.29, 1.82) is 0 Å². The molecule has 98 valence electrons. The first-order chi connectivity index (χ1) is 8.22. The van der Waals surface area contributed by atoms with Gasteiger partial charge in [0, 0.05) is 0 Å². The van der Waals surface area contributed by atoms with Crippen LogP contribution in [0.1, 0.15) is 71.1 Å². The zero-order chi connectivity index (χ0) is 13.6. The zero-order valence-corrected chi connectivity index (χ0v) is 12.7. The molecule has 0 amide bonds. The molecule has 0 nitrogen and oxygen atoms in total. The lowest BCUT2D eigenvalue weighted by molar-refractivity contribution is 0.332. The fourth-order valence-electron chi connectivity index (χ4n) is 3.03. The molecule has 0 saturated heterocycles. The highest BCUT2D eigenvalue weighted by molar-refractivity contribution is 5.56. The molecular weight excluding hydrogens is 216 g/mol. The van der Waals surface area contributed by atoms with Gasteiger partial charge in [0.2, 0.25) is 0 Å². The maximum atomic E-state index is 2.41. The van der Waals surface area contributed by atoms with Crippen molar-refractivity contribution in [1.82, 2.24) is 0 Å². The molecule has 0 radical (unpaired) electrons. The highest BCUT2D eigenvalue weighted by Gasteiger charge is 2.36. The molecule has 1 aliphatic carbocycles. The van der Waals surface area contributed by atoms with E-state index in [1.807, 2.05) is 0 Å². The van der Waals surface area contributed by atoms with Crippen LogP contribution in [0.15, 0.2) is 23.8 Å². The standard InChI is InChI=1S/C18H26/c1-13(2)11-14-7-8-15-16(12-14)18(5,6)10-9-17(15,3)4/h7-8,11-12H,9-10H2,1-6H3. The van der Waals surface area contributed by atoms with E-state index in [1.54, 1.807) is 11.1 Å². The molecule has 0 N–H and O–H groups in total. The molecule has 18 heavy (non-hydrogen) atoms. The Labute approximate surface area is 112 Å². The molecule has 1 aromatic rings. The lowest BCUT2D eigenvalue weighted by Gasteiger charge is -2.42. The molecule has 0 spiro atoms. The summed E-state index contributed by atoms with van der Waals surface area (Å²) < 4.78 is 0. The molecule has 0 fully saturated rings. The summed E-state index contributed by atoms with van der Waals surface area (Å²) in [5, 5.41) is 0. The Morgan fingerprint density at radius 3 is 2.06 bits per heavy atom. The Hall–Kier alpha value is -1.04. The Bertz CT molecular complexity index is 483. The van der Waals surface area contributed by atoms with Crippen molar-refractivity contribution >= 4 is 6.08 Å². The minimum atomic E-state index is 0.316. The summed E-state index contributed by atoms with van der Waals surface area (Å²) in [5.41, 5.74) is 6.45. The van der Waals surface area contributed by atoms with Gasteiger partial charge in [0.1, 0.15) is 0 Å². The van der Waals surface area contributed by atoms with Crippen molar-refractivity contribution in [2.75, 3.05) is 0 Å². The third kappa shape index (κ3) is 2.39. The Morgan fingerprint density at radius 2 is 1.50 bits per heavy atom. The average Bonchev–Trinajstić information content (AvgIpc) is 2.24. The Balaban J connectivity index is 2.59. The van der Waals surface area contributed by atoms with Crippen LogP contribution in [0.5, 0.6) is 0 Å². The van der Waals surface area contributed by atoms with Crippen LogP contribution < -0.4 is 0 Å². The fourth-order valence-corrected chi connectivity index (χ4v) is 3.03. The quantitative estimate of drug-likeness (QED) is 0.613. The van der Waals surface area contributed by atoms with Crippen LogP contribution in [-0.2, 0) is 10.8 Å². The van der Waals surface area contributed by atoms with Gasteiger partial charge in [-0.2, -0.15) is 0 Å². The maximum Gasteiger partial charge on any atom is -0.0100 e. The average molecular weight is 242 g/mol. The minimum Gasteiger partial charge on any atom is -0.0758 e. The van der Waals surface area contributed by atoms with E-state index in [9.17, 15) is 0 Å². The molecule has 0 heterocycles. The fraction of sp³-hybridized carbons (Fsp3) is 0.556. The molecule has 0 atom stereocenters. The number of allylic oxidation sites excluding steroid dienone is 1. The third-order valence-corrected chi connectivity index (χ3v) is 4.33. The number of hydrogen-bond acceptors (Lipinski definition) is 0. The molecule has 0 unspecified atom stereocenters. The Morgan fingerprint density at radius 1 is 0.944 bits per heavy atom. The van der Waals surface area contributed by atoms with Crippen molar-refractivity contribution < 1.29 is 0 Å². The number of rotatable bonds is 1. The second kappa shape index (κ2) is 4.26. The molecule has 0 aliphatic heterocycles. The van der Waals surface area contributed by atoms with E-state index in [2.05, 4.69) is 65.8 Å². The van der Waals surface area contributed by atoms with Gasteiger partial charge in [-0.15, -0.1) is 0 Å². The van der Waals surface area contributed by atoms with Gasteiger partial charge in [0.15, 0.2) is 0 Å². The molecule has 2 rings (SSSR count). The van der Waals surface area contributed by atoms with E-state index in [0.717, 1.165) is 0 Å².